The summed E-state index contributed by atoms with van der Waals surface area (Å²) >= 11 is 0. The molecule has 1 atom stereocenters. The first-order valence-electron chi connectivity index (χ1n) is 7.51. The quantitative estimate of drug-likeness (QED) is 0.784. The summed E-state index contributed by atoms with van der Waals surface area (Å²) in [6, 6.07) is 11.8. The summed E-state index contributed by atoms with van der Waals surface area (Å²) in [6.45, 7) is 0. The highest BCUT2D eigenvalue weighted by Gasteiger charge is 2.22. The lowest BCUT2D eigenvalue weighted by atomic mass is 9.92. The summed E-state index contributed by atoms with van der Waals surface area (Å²) in [4.78, 5) is 15.9. The van der Waals surface area contributed by atoms with Crippen molar-refractivity contribution in [3.8, 4) is 0 Å². The number of rotatable bonds is 2. The van der Waals surface area contributed by atoms with Crippen molar-refractivity contribution in [2.24, 2.45) is 0 Å². The van der Waals surface area contributed by atoms with Crippen molar-refractivity contribution in [2.45, 2.75) is 25.3 Å². The van der Waals surface area contributed by atoms with E-state index in [1.54, 1.807) is 0 Å². The number of imidazole rings is 1. The number of carboxylic acids is 1. The van der Waals surface area contributed by atoms with E-state index in [4.69, 9.17) is 0 Å². The highest BCUT2D eigenvalue weighted by atomic mass is 16.4. The van der Waals surface area contributed by atoms with E-state index in [9.17, 15) is 9.90 Å². The Kier molecular flexibility index (Phi) is 2.96. The van der Waals surface area contributed by atoms with Crippen LogP contribution in [-0.2, 0) is 6.42 Å². The summed E-state index contributed by atoms with van der Waals surface area (Å²) in [7, 11) is 0. The Balaban J connectivity index is 1.92. The maximum atomic E-state index is 11.6. The Morgan fingerprint density at radius 3 is 3.00 bits per heavy atom. The van der Waals surface area contributed by atoms with E-state index in [1.807, 2.05) is 42.9 Å². The molecule has 0 fully saturated rings. The molecule has 2 heterocycles. The number of fused-ring (bicyclic) bond motifs is 2. The van der Waals surface area contributed by atoms with Crippen LogP contribution in [0.4, 0.5) is 0 Å². The molecular formula is C18H16N2O2. The van der Waals surface area contributed by atoms with Gasteiger partial charge in [-0.05, 0) is 47.7 Å². The number of benzene rings is 2. The van der Waals surface area contributed by atoms with Crippen LogP contribution in [0.15, 0.2) is 48.9 Å². The molecule has 0 saturated heterocycles. The number of aryl methyl sites for hydroxylation is 1. The van der Waals surface area contributed by atoms with Crippen molar-refractivity contribution in [1.29, 1.82) is 0 Å². The first-order valence-corrected chi connectivity index (χ1v) is 7.51. The maximum Gasteiger partial charge on any atom is 0.336 e. The molecular weight excluding hydrogens is 276 g/mol. The Morgan fingerprint density at radius 1 is 1.27 bits per heavy atom. The zero-order valence-electron chi connectivity index (χ0n) is 12.1. The lowest BCUT2D eigenvalue weighted by Gasteiger charge is -2.26. The SMILES string of the molecule is O=C(O)c1cc(C2CCCc3cncn32)cc2ccccc12. The van der Waals surface area contributed by atoms with Gasteiger partial charge in [0.2, 0.25) is 0 Å². The summed E-state index contributed by atoms with van der Waals surface area (Å²) in [6.07, 6.45) is 6.92. The van der Waals surface area contributed by atoms with Gasteiger partial charge in [0.15, 0.2) is 0 Å². The second-order valence-corrected chi connectivity index (χ2v) is 5.80. The summed E-state index contributed by atoms with van der Waals surface area (Å²) < 4.78 is 2.18. The van der Waals surface area contributed by atoms with Crippen LogP contribution in [0.1, 0.15) is 40.5 Å². The van der Waals surface area contributed by atoms with Gasteiger partial charge in [0.05, 0.1) is 17.9 Å². The molecule has 3 aromatic rings. The summed E-state index contributed by atoms with van der Waals surface area (Å²) in [5.41, 5.74) is 2.65. The lowest BCUT2D eigenvalue weighted by Crippen LogP contribution is -2.18. The number of hydrogen-bond donors (Lipinski definition) is 1. The van der Waals surface area contributed by atoms with Crippen LogP contribution in [0.5, 0.6) is 0 Å². The molecule has 0 aliphatic carbocycles. The smallest absolute Gasteiger partial charge is 0.336 e. The molecule has 4 heteroatoms. The topological polar surface area (TPSA) is 55.1 Å². The minimum absolute atomic E-state index is 0.175. The standard InChI is InChI=1S/C18H16N2O2/c21-18(22)16-9-13(8-12-4-1-2-6-15(12)16)17-7-3-5-14-10-19-11-20(14)17/h1-2,4,6,8-11,17H,3,5,7H2,(H,21,22). The molecule has 0 spiro atoms. The van der Waals surface area contributed by atoms with Crippen LogP contribution >= 0.6 is 0 Å². The molecule has 1 N–H and O–H groups in total. The largest absolute Gasteiger partial charge is 0.478 e. The first-order chi connectivity index (χ1) is 10.7. The molecule has 1 aliphatic heterocycles. The molecule has 0 bridgehead atoms. The predicted octanol–water partition coefficient (Wildman–Crippen LogP) is 3.66. The predicted molar refractivity (Wildman–Crippen MR) is 84.2 cm³/mol. The fourth-order valence-corrected chi connectivity index (χ4v) is 3.45. The maximum absolute atomic E-state index is 11.6. The molecule has 0 amide bonds. The number of carboxylic acid groups (broad SMARTS) is 1. The average Bonchev–Trinajstić information content (AvgIpc) is 3.02. The van der Waals surface area contributed by atoms with E-state index in [0.29, 0.717) is 5.56 Å². The first kappa shape index (κ1) is 13.1. The third-order valence-electron chi connectivity index (χ3n) is 4.49. The zero-order valence-corrected chi connectivity index (χ0v) is 12.1. The molecule has 0 radical (unpaired) electrons. The van der Waals surface area contributed by atoms with Crippen LogP contribution < -0.4 is 0 Å². The van der Waals surface area contributed by atoms with Gasteiger partial charge < -0.3 is 9.67 Å². The van der Waals surface area contributed by atoms with E-state index in [-0.39, 0.29) is 6.04 Å². The van der Waals surface area contributed by atoms with Gasteiger partial charge >= 0.3 is 5.97 Å². The normalized spacial score (nSPS) is 17.4. The average molecular weight is 292 g/mol. The molecule has 2 aromatic carbocycles. The van der Waals surface area contributed by atoms with Crippen LogP contribution in [-0.4, -0.2) is 20.6 Å². The second kappa shape index (κ2) is 4.98. The minimum Gasteiger partial charge on any atom is -0.478 e. The molecule has 110 valence electrons. The van der Waals surface area contributed by atoms with E-state index in [0.717, 1.165) is 35.6 Å². The molecule has 22 heavy (non-hydrogen) atoms. The summed E-state index contributed by atoms with van der Waals surface area (Å²) in [5.74, 6) is -0.875. The Morgan fingerprint density at radius 2 is 2.14 bits per heavy atom. The third-order valence-corrected chi connectivity index (χ3v) is 4.49. The monoisotopic (exact) mass is 292 g/mol. The van der Waals surface area contributed by atoms with Gasteiger partial charge in [-0.15, -0.1) is 0 Å². The minimum atomic E-state index is -0.875. The highest BCUT2D eigenvalue weighted by molar-refractivity contribution is 6.04. The Labute approximate surface area is 128 Å². The van der Waals surface area contributed by atoms with E-state index in [2.05, 4.69) is 15.6 Å². The van der Waals surface area contributed by atoms with Crippen LogP contribution in [0.25, 0.3) is 10.8 Å². The number of nitrogens with zero attached hydrogens (tertiary/aromatic N) is 2. The fraction of sp³-hybridized carbons (Fsp3) is 0.222. The number of aromatic carboxylic acids is 1. The molecule has 1 aromatic heterocycles. The Hall–Kier alpha value is -2.62. The van der Waals surface area contributed by atoms with Crippen LogP contribution in [0, 0.1) is 0 Å². The van der Waals surface area contributed by atoms with Gasteiger partial charge in [0, 0.05) is 11.9 Å². The van der Waals surface area contributed by atoms with Crippen molar-refractivity contribution >= 4 is 16.7 Å². The van der Waals surface area contributed by atoms with Crippen LogP contribution in [0.2, 0.25) is 0 Å². The number of carbonyl (C=O) groups is 1. The van der Waals surface area contributed by atoms with Crippen molar-refractivity contribution in [3.05, 3.63) is 65.7 Å². The molecule has 1 unspecified atom stereocenters. The highest BCUT2D eigenvalue weighted by Crippen LogP contribution is 2.33. The summed E-state index contributed by atoms with van der Waals surface area (Å²) in [5, 5.41) is 11.3. The molecule has 1 aliphatic rings. The van der Waals surface area contributed by atoms with Crippen molar-refractivity contribution < 1.29 is 9.90 Å². The lowest BCUT2D eigenvalue weighted by molar-refractivity contribution is 0.0699. The van der Waals surface area contributed by atoms with Gasteiger partial charge in [0.25, 0.3) is 0 Å². The molecule has 0 saturated carbocycles. The number of aromatic nitrogens is 2. The van der Waals surface area contributed by atoms with Crippen molar-refractivity contribution in [2.75, 3.05) is 0 Å². The second-order valence-electron chi connectivity index (χ2n) is 5.80. The van der Waals surface area contributed by atoms with E-state index >= 15 is 0 Å². The Bertz CT molecular complexity index is 866. The van der Waals surface area contributed by atoms with Gasteiger partial charge in [-0.3, -0.25) is 0 Å². The van der Waals surface area contributed by atoms with Crippen molar-refractivity contribution in [3.63, 3.8) is 0 Å². The fourth-order valence-electron chi connectivity index (χ4n) is 3.45. The number of hydrogen-bond acceptors (Lipinski definition) is 2. The van der Waals surface area contributed by atoms with Crippen molar-refractivity contribution in [1.82, 2.24) is 9.55 Å². The molecule has 4 nitrogen and oxygen atoms in total. The van der Waals surface area contributed by atoms with Gasteiger partial charge in [-0.2, -0.15) is 0 Å². The van der Waals surface area contributed by atoms with Crippen LogP contribution in [0.3, 0.4) is 0 Å². The zero-order chi connectivity index (χ0) is 15.1. The van der Waals surface area contributed by atoms with E-state index < -0.39 is 5.97 Å². The van der Waals surface area contributed by atoms with Gasteiger partial charge in [-0.25, -0.2) is 9.78 Å². The van der Waals surface area contributed by atoms with Gasteiger partial charge in [-0.1, -0.05) is 24.3 Å². The molecule has 4 rings (SSSR count). The van der Waals surface area contributed by atoms with Gasteiger partial charge in [0.1, 0.15) is 0 Å². The third kappa shape index (κ3) is 1.99. The van der Waals surface area contributed by atoms with E-state index in [1.165, 1.54) is 5.69 Å².